The fourth-order valence-electron chi connectivity index (χ4n) is 2.76. The van der Waals surface area contributed by atoms with Crippen LogP contribution < -0.4 is 0 Å². The van der Waals surface area contributed by atoms with Gasteiger partial charge in [-0.1, -0.05) is 12.1 Å². The van der Waals surface area contributed by atoms with Gasteiger partial charge in [0.2, 0.25) is 10.0 Å². The van der Waals surface area contributed by atoms with Crippen molar-refractivity contribution in [2.24, 2.45) is 0 Å². The monoisotopic (exact) mass is 409 g/mol. The molecule has 0 aliphatic carbocycles. The molecule has 1 heterocycles. The molecule has 1 aliphatic rings. The zero-order chi connectivity index (χ0) is 21.1. The molecule has 1 aromatic carbocycles. The zero-order valence-corrected chi connectivity index (χ0v) is 16.8. The average molecular weight is 409 g/mol. The van der Waals surface area contributed by atoms with Gasteiger partial charge in [0.05, 0.1) is 23.9 Å². The molecular formula is C18H23N3O6S. The number of benzene rings is 1. The third-order valence-electron chi connectivity index (χ3n) is 4.06. The van der Waals surface area contributed by atoms with E-state index in [0.29, 0.717) is 11.1 Å². The first-order valence-corrected chi connectivity index (χ1v) is 10.2. The van der Waals surface area contributed by atoms with Gasteiger partial charge in [-0.2, -0.15) is 9.57 Å². The second kappa shape index (κ2) is 8.16. The summed E-state index contributed by atoms with van der Waals surface area (Å²) in [5.41, 5.74) is 0.0995. The first-order chi connectivity index (χ1) is 12.9. The number of carboxylic acids is 1. The average Bonchev–Trinajstić information content (AvgIpc) is 2.60. The highest BCUT2D eigenvalue weighted by atomic mass is 32.2. The highest BCUT2D eigenvalue weighted by molar-refractivity contribution is 7.88. The van der Waals surface area contributed by atoms with Crippen LogP contribution in [0.15, 0.2) is 24.3 Å². The van der Waals surface area contributed by atoms with Crippen LogP contribution in [0, 0.1) is 11.3 Å². The maximum atomic E-state index is 12.8. The molecule has 0 unspecified atom stereocenters. The minimum absolute atomic E-state index is 0.0330. The van der Waals surface area contributed by atoms with Crippen LogP contribution in [-0.4, -0.2) is 66.1 Å². The summed E-state index contributed by atoms with van der Waals surface area (Å²) >= 11 is 0. The number of carbonyl (C=O) groups is 2. The third-order valence-corrected chi connectivity index (χ3v) is 5.91. The molecule has 1 fully saturated rings. The molecule has 9 nitrogen and oxygen atoms in total. The summed E-state index contributed by atoms with van der Waals surface area (Å²) in [4.78, 5) is 25.1. The number of aliphatic carboxylic acids is 1. The summed E-state index contributed by atoms with van der Waals surface area (Å²) in [6, 6.07) is 6.58. The summed E-state index contributed by atoms with van der Waals surface area (Å²) < 4.78 is 31.7. The molecule has 28 heavy (non-hydrogen) atoms. The minimum Gasteiger partial charge on any atom is -0.480 e. The SMILES string of the molecule is CC(C)(C)OC(=O)N1CCN(S(=O)(=O)Cc2ccc(C#N)cc2)[C@@H](C(=O)O)C1. The summed E-state index contributed by atoms with van der Waals surface area (Å²) in [7, 11) is -3.94. The van der Waals surface area contributed by atoms with Crippen LogP contribution in [0.3, 0.4) is 0 Å². The van der Waals surface area contributed by atoms with Gasteiger partial charge in [0.1, 0.15) is 11.6 Å². The fraction of sp³-hybridized carbons (Fsp3) is 0.500. The Bertz CT molecular complexity index is 883. The van der Waals surface area contributed by atoms with Crippen LogP contribution in [0.5, 0.6) is 0 Å². The van der Waals surface area contributed by atoms with Crippen molar-refractivity contribution in [1.82, 2.24) is 9.21 Å². The van der Waals surface area contributed by atoms with Crippen LogP contribution in [0.4, 0.5) is 4.79 Å². The number of nitrogens with zero attached hydrogens (tertiary/aromatic N) is 3. The molecule has 152 valence electrons. The lowest BCUT2D eigenvalue weighted by Gasteiger charge is -2.38. The molecule has 1 N–H and O–H groups in total. The lowest BCUT2D eigenvalue weighted by molar-refractivity contribution is -0.143. The van der Waals surface area contributed by atoms with Gasteiger partial charge < -0.3 is 14.7 Å². The van der Waals surface area contributed by atoms with E-state index in [0.717, 1.165) is 4.31 Å². The lowest BCUT2D eigenvalue weighted by Crippen LogP contribution is -2.59. The topological polar surface area (TPSA) is 128 Å². The molecule has 1 aromatic rings. The van der Waals surface area contributed by atoms with E-state index in [-0.39, 0.29) is 19.6 Å². The van der Waals surface area contributed by atoms with Gasteiger partial charge >= 0.3 is 12.1 Å². The number of hydrogen-bond donors (Lipinski definition) is 1. The van der Waals surface area contributed by atoms with Gasteiger partial charge in [-0.05, 0) is 38.5 Å². The number of nitriles is 1. The molecule has 1 aliphatic heterocycles. The Hall–Kier alpha value is -2.64. The van der Waals surface area contributed by atoms with Crippen LogP contribution >= 0.6 is 0 Å². The predicted octanol–water partition coefficient (Wildman–Crippen LogP) is 1.39. The Morgan fingerprint density at radius 1 is 1.25 bits per heavy atom. The zero-order valence-electron chi connectivity index (χ0n) is 16.0. The van der Waals surface area contributed by atoms with Gasteiger partial charge in [-0.3, -0.25) is 4.79 Å². The molecular weight excluding hydrogens is 386 g/mol. The Morgan fingerprint density at radius 2 is 1.86 bits per heavy atom. The maximum absolute atomic E-state index is 12.8. The van der Waals surface area contributed by atoms with Gasteiger partial charge in [0.15, 0.2) is 0 Å². The Balaban J connectivity index is 2.16. The van der Waals surface area contributed by atoms with Crippen molar-refractivity contribution >= 4 is 22.1 Å². The van der Waals surface area contributed by atoms with E-state index >= 15 is 0 Å². The number of sulfonamides is 1. The second-order valence-corrected chi connectivity index (χ2v) is 9.38. The predicted molar refractivity (Wildman–Crippen MR) is 99.7 cm³/mol. The Morgan fingerprint density at radius 3 is 2.36 bits per heavy atom. The van der Waals surface area contributed by atoms with Crippen molar-refractivity contribution in [2.75, 3.05) is 19.6 Å². The molecule has 0 spiro atoms. The molecule has 0 radical (unpaired) electrons. The first kappa shape index (κ1) is 21.7. The number of carboxylic acid groups (broad SMARTS) is 1. The molecule has 0 aromatic heterocycles. The largest absolute Gasteiger partial charge is 0.480 e. The highest BCUT2D eigenvalue weighted by Crippen LogP contribution is 2.21. The lowest BCUT2D eigenvalue weighted by atomic mass is 10.2. The molecule has 2 rings (SSSR count). The molecule has 1 atom stereocenters. The first-order valence-electron chi connectivity index (χ1n) is 8.62. The van der Waals surface area contributed by atoms with Crippen LogP contribution in [0.2, 0.25) is 0 Å². The summed E-state index contributed by atoms with van der Waals surface area (Å²) in [5, 5.41) is 18.3. The summed E-state index contributed by atoms with van der Waals surface area (Å²) in [6.45, 7) is 4.67. The molecule has 1 saturated heterocycles. The van der Waals surface area contributed by atoms with Crippen molar-refractivity contribution in [2.45, 2.75) is 38.2 Å². The van der Waals surface area contributed by atoms with E-state index in [9.17, 15) is 23.1 Å². The third kappa shape index (κ3) is 5.43. The number of piperazine rings is 1. The normalized spacial score (nSPS) is 18.4. The number of amides is 1. The van der Waals surface area contributed by atoms with Crippen molar-refractivity contribution < 1.29 is 27.9 Å². The molecule has 10 heteroatoms. The van der Waals surface area contributed by atoms with Gasteiger partial charge in [0, 0.05) is 13.1 Å². The summed E-state index contributed by atoms with van der Waals surface area (Å²) in [5.74, 6) is -1.73. The standard InChI is InChI=1S/C18H23N3O6S/c1-18(2,3)27-17(24)20-8-9-21(15(11-20)16(22)23)28(25,26)12-14-6-4-13(10-19)5-7-14/h4-7,15H,8-9,11-12H2,1-3H3,(H,22,23)/t15-/m1/s1. The van der Waals surface area contributed by atoms with E-state index in [1.54, 1.807) is 20.8 Å². The van der Waals surface area contributed by atoms with E-state index in [1.807, 2.05) is 6.07 Å². The van der Waals surface area contributed by atoms with Gasteiger partial charge in [-0.25, -0.2) is 13.2 Å². The van der Waals surface area contributed by atoms with Crippen LogP contribution in [-0.2, 0) is 25.3 Å². The molecule has 1 amide bonds. The van der Waals surface area contributed by atoms with Crippen LogP contribution in [0.25, 0.3) is 0 Å². The number of hydrogen-bond acceptors (Lipinski definition) is 6. The van der Waals surface area contributed by atoms with E-state index < -0.39 is 39.5 Å². The second-order valence-electron chi connectivity index (χ2n) is 7.46. The maximum Gasteiger partial charge on any atom is 0.410 e. The van der Waals surface area contributed by atoms with Crippen molar-refractivity contribution in [1.29, 1.82) is 5.26 Å². The minimum atomic E-state index is -3.94. The van der Waals surface area contributed by atoms with Crippen LogP contribution in [0.1, 0.15) is 31.9 Å². The smallest absolute Gasteiger partial charge is 0.410 e. The number of carbonyl (C=O) groups excluding carboxylic acids is 1. The Labute approximate surface area is 164 Å². The van der Waals surface area contributed by atoms with E-state index in [1.165, 1.54) is 29.2 Å². The highest BCUT2D eigenvalue weighted by Gasteiger charge is 2.41. The van der Waals surface area contributed by atoms with Gasteiger partial charge in [0.25, 0.3) is 0 Å². The summed E-state index contributed by atoms with van der Waals surface area (Å²) in [6.07, 6.45) is -0.678. The quantitative estimate of drug-likeness (QED) is 0.796. The fourth-order valence-corrected chi connectivity index (χ4v) is 4.45. The van der Waals surface area contributed by atoms with Crippen molar-refractivity contribution in [3.63, 3.8) is 0 Å². The molecule has 0 saturated carbocycles. The number of ether oxygens (including phenoxy) is 1. The van der Waals surface area contributed by atoms with Crippen molar-refractivity contribution in [3.05, 3.63) is 35.4 Å². The molecule has 0 bridgehead atoms. The van der Waals surface area contributed by atoms with Crippen molar-refractivity contribution in [3.8, 4) is 6.07 Å². The Kier molecular flexibility index (Phi) is 6.31. The number of rotatable bonds is 4. The van der Waals surface area contributed by atoms with E-state index in [2.05, 4.69) is 0 Å². The van der Waals surface area contributed by atoms with E-state index in [4.69, 9.17) is 10.00 Å². The van der Waals surface area contributed by atoms with Gasteiger partial charge in [-0.15, -0.1) is 0 Å².